The van der Waals surface area contributed by atoms with Gasteiger partial charge in [-0.1, -0.05) is 176 Å². The molecule has 0 aliphatic heterocycles. The van der Waals surface area contributed by atoms with Crippen LogP contribution in [0.2, 0.25) is 0 Å². The number of para-hydroxylation sites is 1. The minimum absolute atomic E-state index is 0.667. The fourth-order valence-corrected chi connectivity index (χ4v) is 9.31. The molecule has 11 rings (SSSR count). The lowest BCUT2D eigenvalue weighted by Gasteiger charge is -2.13. The lowest BCUT2D eigenvalue weighted by molar-refractivity contribution is 1.18. The van der Waals surface area contributed by atoms with Crippen LogP contribution < -0.4 is 0 Å². The lowest BCUT2D eigenvalue weighted by atomic mass is 9.97. The maximum absolute atomic E-state index is 5.33. The standard InChI is InChI=1S/C53H33N3S/c1-3-12-34(13-4-1)36-22-26-38(27-23-36)47-33-48(39-28-24-37(25-29-39)35-14-5-2-6-15-35)56-53(55-47)41-17-11-16-40(32-41)51-45-31-30-43-42-18-8-10-21-49(42)57-52(43)50(45)44-19-7-9-20-46(44)54-51/h1-33H. The summed E-state index contributed by atoms with van der Waals surface area (Å²) in [4.78, 5) is 15.8. The average molecular weight is 744 g/mol. The molecule has 0 aliphatic carbocycles. The molecule has 266 valence electrons. The Hall–Kier alpha value is -7.27. The molecule has 0 N–H and O–H groups in total. The summed E-state index contributed by atoms with van der Waals surface area (Å²) in [7, 11) is 0. The molecule has 0 unspecified atom stereocenters. The molecule has 57 heavy (non-hydrogen) atoms. The number of pyridine rings is 1. The third-order valence-corrected chi connectivity index (χ3v) is 12.1. The Morgan fingerprint density at radius 3 is 1.49 bits per heavy atom. The molecule has 0 amide bonds. The van der Waals surface area contributed by atoms with Gasteiger partial charge in [-0.15, -0.1) is 11.3 Å². The van der Waals surface area contributed by atoms with Gasteiger partial charge >= 0.3 is 0 Å². The predicted molar refractivity (Wildman–Crippen MR) is 240 cm³/mol. The SMILES string of the molecule is c1ccc(-c2ccc(-c3cc(-c4ccc(-c5ccccc5)cc4)nc(-c4cccc(-c5nc6ccccc6c6c5ccc5c7ccccc7sc56)c4)n3)cc2)cc1. The van der Waals surface area contributed by atoms with Gasteiger partial charge in [-0.2, -0.15) is 0 Å². The quantitative estimate of drug-likeness (QED) is 0.159. The monoisotopic (exact) mass is 743 g/mol. The first-order valence-electron chi connectivity index (χ1n) is 19.2. The van der Waals surface area contributed by atoms with Crippen LogP contribution in [0.5, 0.6) is 0 Å². The van der Waals surface area contributed by atoms with Crippen molar-refractivity contribution in [3.63, 3.8) is 0 Å². The molecule has 0 radical (unpaired) electrons. The largest absolute Gasteiger partial charge is 0.247 e. The van der Waals surface area contributed by atoms with Gasteiger partial charge in [0.15, 0.2) is 5.82 Å². The van der Waals surface area contributed by atoms with E-state index in [2.05, 4.69) is 188 Å². The first-order valence-corrected chi connectivity index (χ1v) is 20.0. The summed E-state index contributed by atoms with van der Waals surface area (Å²) >= 11 is 1.86. The number of thiophene rings is 1. The van der Waals surface area contributed by atoms with Gasteiger partial charge in [0, 0.05) is 58.6 Å². The Kier molecular flexibility index (Phi) is 8.01. The van der Waals surface area contributed by atoms with Gasteiger partial charge in [0.2, 0.25) is 0 Å². The molecule has 4 heteroatoms. The van der Waals surface area contributed by atoms with Crippen LogP contribution in [0.4, 0.5) is 0 Å². The van der Waals surface area contributed by atoms with E-state index in [-0.39, 0.29) is 0 Å². The number of benzene rings is 8. The van der Waals surface area contributed by atoms with Crippen molar-refractivity contribution in [2.45, 2.75) is 0 Å². The Labute approximate surface area is 334 Å². The molecule has 0 bridgehead atoms. The van der Waals surface area contributed by atoms with E-state index >= 15 is 0 Å². The van der Waals surface area contributed by atoms with Gasteiger partial charge in [-0.3, -0.25) is 0 Å². The molecule has 0 spiro atoms. The number of hydrogen-bond donors (Lipinski definition) is 0. The van der Waals surface area contributed by atoms with E-state index in [1.165, 1.54) is 53.2 Å². The van der Waals surface area contributed by atoms with Crippen molar-refractivity contribution in [2.75, 3.05) is 0 Å². The minimum Gasteiger partial charge on any atom is -0.247 e. The van der Waals surface area contributed by atoms with Crippen LogP contribution in [0, 0.1) is 0 Å². The second-order valence-corrected chi connectivity index (χ2v) is 15.4. The third kappa shape index (κ3) is 5.95. The third-order valence-electron chi connectivity index (χ3n) is 10.9. The molecule has 0 saturated carbocycles. The molecular weight excluding hydrogens is 711 g/mol. The van der Waals surface area contributed by atoms with E-state index in [1.54, 1.807) is 0 Å². The number of aromatic nitrogens is 3. The molecule has 3 aromatic heterocycles. The first-order chi connectivity index (χ1) is 28.2. The molecule has 0 aliphatic rings. The number of fused-ring (bicyclic) bond motifs is 7. The normalized spacial score (nSPS) is 11.5. The van der Waals surface area contributed by atoms with Gasteiger partial charge in [0.05, 0.1) is 22.6 Å². The molecule has 3 heterocycles. The van der Waals surface area contributed by atoms with Gasteiger partial charge in [-0.25, -0.2) is 15.0 Å². The topological polar surface area (TPSA) is 38.7 Å². The fourth-order valence-electron chi connectivity index (χ4n) is 8.04. The zero-order valence-electron chi connectivity index (χ0n) is 30.8. The summed E-state index contributed by atoms with van der Waals surface area (Å²) in [6.45, 7) is 0. The molecular formula is C53H33N3S. The number of rotatable bonds is 6. The summed E-state index contributed by atoms with van der Waals surface area (Å²) < 4.78 is 2.59. The maximum Gasteiger partial charge on any atom is 0.160 e. The molecule has 3 nitrogen and oxygen atoms in total. The van der Waals surface area contributed by atoms with Crippen LogP contribution in [0.25, 0.3) is 109 Å². The second kappa shape index (κ2) is 13.8. The van der Waals surface area contributed by atoms with Crippen molar-refractivity contribution in [2.24, 2.45) is 0 Å². The van der Waals surface area contributed by atoms with E-state index in [0.29, 0.717) is 5.82 Å². The summed E-state index contributed by atoms with van der Waals surface area (Å²) in [5.41, 5.74) is 12.4. The lowest BCUT2D eigenvalue weighted by Crippen LogP contribution is -1.97. The van der Waals surface area contributed by atoms with Crippen molar-refractivity contribution < 1.29 is 0 Å². The Morgan fingerprint density at radius 2 is 0.825 bits per heavy atom. The maximum atomic E-state index is 5.33. The first kappa shape index (κ1) is 33.1. The van der Waals surface area contributed by atoms with E-state index in [9.17, 15) is 0 Å². The predicted octanol–water partition coefficient (Wildman–Crippen LogP) is 14.5. The zero-order chi connectivity index (χ0) is 37.7. The summed E-state index contributed by atoms with van der Waals surface area (Å²) in [6.07, 6.45) is 0. The van der Waals surface area contributed by atoms with E-state index < -0.39 is 0 Å². The smallest absolute Gasteiger partial charge is 0.160 e. The Balaban J connectivity index is 1.07. The molecule has 0 atom stereocenters. The minimum atomic E-state index is 0.667. The Bertz CT molecular complexity index is 3160. The van der Waals surface area contributed by atoms with Gasteiger partial charge < -0.3 is 0 Å². The molecule has 0 fully saturated rings. The number of nitrogens with zero attached hydrogens (tertiary/aromatic N) is 3. The highest BCUT2D eigenvalue weighted by Crippen LogP contribution is 2.43. The summed E-state index contributed by atoms with van der Waals surface area (Å²) in [5.74, 6) is 0.667. The van der Waals surface area contributed by atoms with Crippen LogP contribution in [0.3, 0.4) is 0 Å². The zero-order valence-corrected chi connectivity index (χ0v) is 31.6. The van der Waals surface area contributed by atoms with Crippen molar-refractivity contribution in [1.82, 2.24) is 15.0 Å². The van der Waals surface area contributed by atoms with Gasteiger partial charge in [0.25, 0.3) is 0 Å². The number of hydrogen-bond acceptors (Lipinski definition) is 4. The highest BCUT2D eigenvalue weighted by Gasteiger charge is 2.18. The fraction of sp³-hybridized carbons (Fsp3) is 0. The highest BCUT2D eigenvalue weighted by molar-refractivity contribution is 7.26. The Morgan fingerprint density at radius 1 is 0.316 bits per heavy atom. The highest BCUT2D eigenvalue weighted by atomic mass is 32.1. The second-order valence-electron chi connectivity index (χ2n) is 14.4. The van der Waals surface area contributed by atoms with Gasteiger partial charge in [-0.05, 0) is 46.5 Å². The van der Waals surface area contributed by atoms with Crippen LogP contribution >= 0.6 is 11.3 Å². The van der Waals surface area contributed by atoms with E-state index in [4.69, 9.17) is 15.0 Å². The van der Waals surface area contributed by atoms with Crippen molar-refractivity contribution in [3.05, 3.63) is 200 Å². The summed E-state index contributed by atoms with van der Waals surface area (Å²) in [5, 5.41) is 6.13. The molecule has 0 saturated heterocycles. The van der Waals surface area contributed by atoms with Crippen LogP contribution in [0.15, 0.2) is 200 Å². The molecule has 8 aromatic carbocycles. The van der Waals surface area contributed by atoms with Crippen molar-refractivity contribution in [1.29, 1.82) is 0 Å². The average Bonchev–Trinajstić information content (AvgIpc) is 3.68. The van der Waals surface area contributed by atoms with Crippen molar-refractivity contribution in [3.8, 4) is 67.4 Å². The van der Waals surface area contributed by atoms with Crippen molar-refractivity contribution >= 4 is 53.2 Å². The van der Waals surface area contributed by atoms with Crippen LogP contribution in [-0.4, -0.2) is 15.0 Å². The van der Waals surface area contributed by atoms with E-state index in [0.717, 1.165) is 50.2 Å². The van der Waals surface area contributed by atoms with Crippen LogP contribution in [-0.2, 0) is 0 Å². The van der Waals surface area contributed by atoms with Gasteiger partial charge in [0.1, 0.15) is 0 Å². The molecule has 11 aromatic rings. The van der Waals surface area contributed by atoms with Crippen LogP contribution in [0.1, 0.15) is 0 Å². The summed E-state index contributed by atoms with van der Waals surface area (Å²) in [6, 6.07) is 70.7. The van der Waals surface area contributed by atoms with E-state index in [1.807, 2.05) is 23.5 Å².